The summed E-state index contributed by atoms with van der Waals surface area (Å²) in [5.41, 5.74) is -2.91. The molecule has 14 heteroatoms. The number of phenolic OH excluding ortho intramolecular Hbond substituents is 1. The topological polar surface area (TPSA) is 195 Å². The molecule has 4 atom stereocenters. The van der Waals surface area contributed by atoms with Crippen LogP contribution in [0.15, 0.2) is 63.8 Å². The quantitative estimate of drug-likeness (QED) is 0.109. The fourth-order valence-electron chi connectivity index (χ4n) is 5.10. The van der Waals surface area contributed by atoms with Crippen LogP contribution in [-0.4, -0.2) is 67.0 Å². The number of rotatable bonds is 8. The smallest absolute Gasteiger partial charge is 0.349 e. The molecule has 1 aromatic heterocycles. The third kappa shape index (κ3) is 4.55. The van der Waals surface area contributed by atoms with Gasteiger partial charge in [0.1, 0.15) is 34.4 Å². The number of carbonyl (C=O) groups excluding carboxylic acids is 4. The van der Waals surface area contributed by atoms with E-state index in [1.807, 2.05) is 0 Å². The molecule has 1 unspecified atom stereocenters. The van der Waals surface area contributed by atoms with Crippen LogP contribution in [0.3, 0.4) is 0 Å². The number of amides is 4. The summed E-state index contributed by atoms with van der Waals surface area (Å²) in [6.07, 6.45) is 0.214. The van der Waals surface area contributed by atoms with Crippen molar-refractivity contribution in [3.63, 3.8) is 0 Å². The summed E-state index contributed by atoms with van der Waals surface area (Å²) in [5, 5.41) is 26.3. The van der Waals surface area contributed by atoms with Crippen LogP contribution in [0.2, 0.25) is 0 Å². The SMILES string of the molecule is CC1(C)S[C@H]2N(C(=O)[C@@]2(NC=O)NC(=O)C(NC(=O)c2cc3ccccc3oc2=O)c2ccc(O)cc2)[C@H]1C(=O)O. The number of hydrogen-bond acceptors (Lipinski definition) is 9. The fourth-order valence-corrected chi connectivity index (χ4v) is 6.75. The largest absolute Gasteiger partial charge is 0.508 e. The van der Waals surface area contributed by atoms with Gasteiger partial charge in [-0.1, -0.05) is 30.3 Å². The highest BCUT2D eigenvalue weighted by Gasteiger charge is 2.72. The number of aromatic hydroxyl groups is 1. The van der Waals surface area contributed by atoms with E-state index in [1.165, 1.54) is 30.3 Å². The lowest BCUT2D eigenvalue weighted by Crippen LogP contribution is -2.85. The van der Waals surface area contributed by atoms with Crippen LogP contribution >= 0.6 is 11.8 Å². The molecule has 3 heterocycles. The van der Waals surface area contributed by atoms with Gasteiger partial charge in [0, 0.05) is 10.1 Å². The van der Waals surface area contributed by atoms with Gasteiger partial charge >= 0.3 is 11.6 Å². The normalized spacial score (nSPS) is 23.2. The van der Waals surface area contributed by atoms with Crippen molar-refractivity contribution >= 4 is 52.8 Å². The predicted octanol–water partition coefficient (Wildman–Crippen LogP) is 0.675. The predicted molar refractivity (Wildman–Crippen MR) is 145 cm³/mol. The Morgan fingerprint density at radius 3 is 2.44 bits per heavy atom. The first kappa shape index (κ1) is 27.7. The molecule has 5 rings (SSSR count). The van der Waals surface area contributed by atoms with Crippen LogP contribution in [-0.2, 0) is 19.2 Å². The number of benzene rings is 2. The Labute approximate surface area is 235 Å². The molecule has 2 aromatic carbocycles. The number of carbonyl (C=O) groups is 5. The van der Waals surface area contributed by atoms with E-state index < -0.39 is 57.2 Å². The first-order valence-electron chi connectivity index (χ1n) is 12.3. The monoisotopic (exact) mass is 580 g/mol. The number of phenols is 1. The number of nitrogens with zero attached hydrogens (tertiary/aromatic N) is 1. The molecular formula is C27H24N4O9S. The molecule has 2 saturated heterocycles. The number of para-hydroxylation sites is 1. The number of carboxylic acids is 1. The van der Waals surface area contributed by atoms with E-state index in [-0.39, 0.29) is 28.9 Å². The van der Waals surface area contributed by atoms with E-state index in [2.05, 4.69) is 16.0 Å². The van der Waals surface area contributed by atoms with E-state index in [9.17, 15) is 39.0 Å². The van der Waals surface area contributed by atoms with Crippen molar-refractivity contribution in [2.24, 2.45) is 0 Å². The van der Waals surface area contributed by atoms with E-state index >= 15 is 0 Å². The van der Waals surface area contributed by atoms with Gasteiger partial charge in [-0.3, -0.25) is 19.2 Å². The summed E-state index contributed by atoms with van der Waals surface area (Å²) < 4.78 is 4.27. The second kappa shape index (κ2) is 9.96. The lowest BCUT2D eigenvalue weighted by Gasteiger charge is -2.52. The molecule has 41 heavy (non-hydrogen) atoms. The number of hydrogen-bond donors (Lipinski definition) is 5. The number of fused-ring (bicyclic) bond motifs is 2. The Hall–Kier alpha value is -4.85. The molecule has 0 bridgehead atoms. The average molecular weight is 581 g/mol. The first-order chi connectivity index (χ1) is 19.4. The minimum Gasteiger partial charge on any atom is -0.508 e. The molecule has 0 saturated carbocycles. The highest BCUT2D eigenvalue weighted by atomic mass is 32.2. The molecule has 2 aliphatic heterocycles. The van der Waals surface area contributed by atoms with Gasteiger partial charge in [0.25, 0.3) is 11.8 Å². The summed E-state index contributed by atoms with van der Waals surface area (Å²) >= 11 is 1.08. The average Bonchev–Trinajstić information content (AvgIpc) is 3.20. The van der Waals surface area contributed by atoms with Gasteiger partial charge < -0.3 is 35.5 Å². The van der Waals surface area contributed by atoms with Gasteiger partial charge in [0.15, 0.2) is 0 Å². The Kier molecular flexibility index (Phi) is 6.73. The summed E-state index contributed by atoms with van der Waals surface area (Å²) in [4.78, 5) is 77.6. The van der Waals surface area contributed by atoms with Gasteiger partial charge in [-0.25, -0.2) is 9.59 Å². The highest BCUT2D eigenvalue weighted by molar-refractivity contribution is 8.01. The van der Waals surface area contributed by atoms with Crippen LogP contribution in [0, 0.1) is 0 Å². The zero-order valence-corrected chi connectivity index (χ0v) is 22.4. The van der Waals surface area contributed by atoms with Gasteiger partial charge in [0.2, 0.25) is 18.0 Å². The molecule has 4 amide bonds. The molecule has 0 aliphatic carbocycles. The Morgan fingerprint density at radius 2 is 1.78 bits per heavy atom. The zero-order chi connectivity index (χ0) is 29.7. The number of β-lactam (4-membered cyclic amide) rings is 1. The lowest BCUT2D eigenvalue weighted by molar-refractivity contribution is -0.172. The standard InChI is InChI=1S/C27H24N4O9S/c1-26(2)19(22(36)37)31-24(39)27(28-12-32,25(31)41-26)30-21(35)18(13-7-9-15(33)10-8-13)29-20(34)16-11-14-5-3-4-6-17(14)40-23(16)38/h3-12,18-19,25,33H,1-2H3,(H,28,32)(H,29,34)(H,30,35)(H,36,37)/t18?,19-,25+,27+/m0/s1. The number of carboxylic acid groups (broad SMARTS) is 1. The van der Waals surface area contributed by atoms with Crippen molar-refractivity contribution < 1.29 is 38.6 Å². The molecule has 212 valence electrons. The summed E-state index contributed by atoms with van der Waals surface area (Å²) in [5.74, 6) is -4.12. The fraction of sp³-hybridized carbons (Fsp3) is 0.259. The third-order valence-electron chi connectivity index (χ3n) is 7.04. The Morgan fingerprint density at radius 1 is 1.10 bits per heavy atom. The van der Waals surface area contributed by atoms with Crippen molar-refractivity contribution in [2.45, 2.75) is 41.7 Å². The van der Waals surface area contributed by atoms with Crippen molar-refractivity contribution in [1.29, 1.82) is 0 Å². The van der Waals surface area contributed by atoms with Crippen molar-refractivity contribution in [3.05, 3.63) is 76.1 Å². The summed E-state index contributed by atoms with van der Waals surface area (Å²) in [6.45, 7) is 3.26. The molecular weight excluding hydrogens is 556 g/mol. The summed E-state index contributed by atoms with van der Waals surface area (Å²) in [6, 6.07) is 10.4. The Bertz CT molecular complexity index is 1650. The molecule has 0 spiro atoms. The maximum absolute atomic E-state index is 13.7. The van der Waals surface area contributed by atoms with Gasteiger partial charge in [-0.2, -0.15) is 0 Å². The second-order valence-corrected chi connectivity index (χ2v) is 11.8. The zero-order valence-electron chi connectivity index (χ0n) is 21.6. The van der Waals surface area contributed by atoms with Crippen LogP contribution < -0.4 is 21.6 Å². The van der Waals surface area contributed by atoms with Crippen LogP contribution in [0.5, 0.6) is 5.75 Å². The van der Waals surface area contributed by atoms with Crippen LogP contribution in [0.1, 0.15) is 35.8 Å². The Balaban J connectivity index is 1.49. The molecule has 0 radical (unpaired) electrons. The first-order valence-corrected chi connectivity index (χ1v) is 13.2. The third-order valence-corrected chi connectivity index (χ3v) is 8.67. The number of thioether (sulfide) groups is 1. The molecule has 13 nitrogen and oxygen atoms in total. The van der Waals surface area contributed by atoms with Gasteiger partial charge in [-0.05, 0) is 43.7 Å². The number of aliphatic carboxylic acids is 1. The van der Waals surface area contributed by atoms with E-state index in [1.54, 1.807) is 38.1 Å². The van der Waals surface area contributed by atoms with E-state index in [0.717, 1.165) is 16.7 Å². The molecule has 2 fully saturated rings. The van der Waals surface area contributed by atoms with Crippen molar-refractivity contribution in [3.8, 4) is 5.75 Å². The van der Waals surface area contributed by atoms with Crippen LogP contribution in [0.4, 0.5) is 0 Å². The second-order valence-electron chi connectivity index (χ2n) is 10.1. The number of nitrogens with one attached hydrogen (secondary N) is 3. The van der Waals surface area contributed by atoms with Crippen molar-refractivity contribution in [2.75, 3.05) is 0 Å². The van der Waals surface area contributed by atoms with E-state index in [0.29, 0.717) is 5.39 Å². The molecule has 3 aromatic rings. The maximum atomic E-state index is 13.7. The maximum Gasteiger partial charge on any atom is 0.349 e. The lowest BCUT2D eigenvalue weighted by atomic mass is 9.91. The van der Waals surface area contributed by atoms with Gasteiger partial charge in [-0.15, -0.1) is 11.8 Å². The minimum absolute atomic E-state index is 0.123. The minimum atomic E-state index is -2.01. The van der Waals surface area contributed by atoms with Crippen LogP contribution in [0.25, 0.3) is 11.0 Å². The molecule has 2 aliphatic rings. The highest BCUT2D eigenvalue weighted by Crippen LogP contribution is 2.54. The van der Waals surface area contributed by atoms with Gasteiger partial charge in [0.05, 0.1) is 0 Å². The van der Waals surface area contributed by atoms with Crippen molar-refractivity contribution in [1.82, 2.24) is 20.9 Å². The molecule has 5 N–H and O–H groups in total. The van der Waals surface area contributed by atoms with E-state index in [4.69, 9.17) is 4.42 Å². The summed E-state index contributed by atoms with van der Waals surface area (Å²) in [7, 11) is 0.